The molecule has 0 bridgehead atoms. The van der Waals surface area contributed by atoms with Gasteiger partial charge in [0.1, 0.15) is 0 Å². The van der Waals surface area contributed by atoms with Crippen LogP contribution in [0.4, 0.5) is 0 Å². The van der Waals surface area contributed by atoms with E-state index in [-0.39, 0.29) is 0 Å². The largest absolute Gasteiger partial charge is 0.343 e. The van der Waals surface area contributed by atoms with Crippen molar-refractivity contribution >= 4 is 0 Å². The Morgan fingerprint density at radius 3 is 2.37 bits per heavy atom. The summed E-state index contributed by atoms with van der Waals surface area (Å²) in [6.07, 6.45) is 4.84. The highest BCUT2D eigenvalue weighted by Gasteiger charge is 2.28. The maximum absolute atomic E-state index is 10.4. The first-order valence-electron chi connectivity index (χ1n) is 7.24. The molecule has 0 aliphatic rings. The van der Waals surface area contributed by atoms with Gasteiger partial charge in [0.15, 0.2) is 0 Å². The second-order valence-electron chi connectivity index (χ2n) is 4.72. The number of benzene rings is 1. The molecule has 0 radical (unpaired) electrons. The summed E-state index contributed by atoms with van der Waals surface area (Å²) >= 11 is 0. The standard InChI is InChI=1S/C16H26O3/c1-3-5-6-10-13-19-16(17,18-4-2)14-15-11-8-7-9-12-15/h7-9,11-12,17H,3-6,10,13-14H2,1-2H3. The van der Waals surface area contributed by atoms with Crippen molar-refractivity contribution in [3.8, 4) is 0 Å². The summed E-state index contributed by atoms with van der Waals surface area (Å²) in [6.45, 7) is 4.99. The molecule has 0 heterocycles. The van der Waals surface area contributed by atoms with E-state index in [4.69, 9.17) is 9.47 Å². The van der Waals surface area contributed by atoms with Crippen LogP contribution in [0.5, 0.6) is 0 Å². The van der Waals surface area contributed by atoms with Crippen LogP contribution in [0.25, 0.3) is 0 Å². The average molecular weight is 266 g/mol. The van der Waals surface area contributed by atoms with Crippen molar-refractivity contribution in [2.45, 2.75) is 51.9 Å². The highest BCUT2D eigenvalue weighted by molar-refractivity contribution is 5.15. The van der Waals surface area contributed by atoms with Gasteiger partial charge in [0.05, 0.1) is 13.0 Å². The first-order chi connectivity index (χ1) is 9.20. The summed E-state index contributed by atoms with van der Waals surface area (Å²) in [5.41, 5.74) is 1.01. The summed E-state index contributed by atoms with van der Waals surface area (Å²) in [5, 5.41) is 10.4. The normalized spacial score (nSPS) is 14.3. The lowest BCUT2D eigenvalue weighted by Gasteiger charge is -2.27. The van der Waals surface area contributed by atoms with Crippen molar-refractivity contribution in [1.29, 1.82) is 0 Å². The van der Waals surface area contributed by atoms with Crippen LogP contribution in [0.3, 0.4) is 0 Å². The first-order valence-corrected chi connectivity index (χ1v) is 7.24. The van der Waals surface area contributed by atoms with E-state index in [1.54, 1.807) is 0 Å². The summed E-state index contributed by atoms with van der Waals surface area (Å²) in [7, 11) is 0. The molecule has 3 heteroatoms. The lowest BCUT2D eigenvalue weighted by molar-refractivity contribution is -0.358. The van der Waals surface area contributed by atoms with Crippen LogP contribution < -0.4 is 0 Å². The summed E-state index contributed by atoms with van der Waals surface area (Å²) < 4.78 is 10.9. The molecule has 0 aromatic heterocycles. The van der Waals surface area contributed by atoms with Crippen LogP contribution in [-0.2, 0) is 15.9 Å². The molecule has 0 aliphatic carbocycles. The molecule has 108 valence electrons. The molecule has 1 aromatic rings. The topological polar surface area (TPSA) is 38.7 Å². The van der Waals surface area contributed by atoms with Gasteiger partial charge in [-0.05, 0) is 18.9 Å². The maximum Gasteiger partial charge on any atom is 0.284 e. The van der Waals surface area contributed by atoms with Crippen molar-refractivity contribution in [3.63, 3.8) is 0 Å². The lowest BCUT2D eigenvalue weighted by Crippen LogP contribution is -2.38. The van der Waals surface area contributed by atoms with Gasteiger partial charge in [0, 0.05) is 6.61 Å². The van der Waals surface area contributed by atoms with Crippen molar-refractivity contribution in [2.75, 3.05) is 13.2 Å². The van der Waals surface area contributed by atoms with E-state index in [9.17, 15) is 5.11 Å². The van der Waals surface area contributed by atoms with Gasteiger partial charge in [-0.3, -0.25) is 0 Å². The fourth-order valence-corrected chi connectivity index (χ4v) is 1.98. The molecule has 0 fully saturated rings. The molecule has 0 saturated carbocycles. The van der Waals surface area contributed by atoms with Gasteiger partial charge in [-0.1, -0.05) is 56.5 Å². The van der Waals surface area contributed by atoms with E-state index in [1.165, 1.54) is 12.8 Å². The number of ether oxygens (including phenoxy) is 2. The van der Waals surface area contributed by atoms with Gasteiger partial charge < -0.3 is 14.6 Å². The molecule has 1 atom stereocenters. The van der Waals surface area contributed by atoms with Crippen molar-refractivity contribution < 1.29 is 14.6 Å². The monoisotopic (exact) mass is 266 g/mol. The minimum absolute atomic E-state index is 0.357. The quantitative estimate of drug-likeness (QED) is 0.520. The van der Waals surface area contributed by atoms with Crippen LogP contribution in [0.2, 0.25) is 0 Å². The first kappa shape index (κ1) is 16.2. The van der Waals surface area contributed by atoms with Gasteiger partial charge in [-0.25, -0.2) is 0 Å². The van der Waals surface area contributed by atoms with Crippen LogP contribution in [-0.4, -0.2) is 24.3 Å². The third kappa shape index (κ3) is 6.71. The number of hydrogen-bond donors (Lipinski definition) is 1. The zero-order valence-corrected chi connectivity index (χ0v) is 12.1. The van der Waals surface area contributed by atoms with Crippen LogP contribution >= 0.6 is 0 Å². The minimum Gasteiger partial charge on any atom is -0.343 e. The number of hydrogen-bond acceptors (Lipinski definition) is 3. The van der Waals surface area contributed by atoms with Gasteiger partial charge in [0.2, 0.25) is 0 Å². The van der Waals surface area contributed by atoms with Crippen LogP contribution in [0, 0.1) is 0 Å². The Morgan fingerprint density at radius 1 is 1.00 bits per heavy atom. The highest BCUT2D eigenvalue weighted by atomic mass is 16.8. The molecule has 0 amide bonds. The Kier molecular flexibility index (Phi) is 7.72. The molecule has 1 unspecified atom stereocenters. The molecule has 0 spiro atoms. The van der Waals surface area contributed by atoms with Gasteiger partial charge in [-0.2, -0.15) is 0 Å². The Labute approximate surface area is 116 Å². The molecular formula is C16H26O3. The molecule has 1 N–H and O–H groups in total. The Morgan fingerprint density at radius 2 is 1.74 bits per heavy atom. The van der Waals surface area contributed by atoms with E-state index in [1.807, 2.05) is 37.3 Å². The van der Waals surface area contributed by atoms with Crippen LogP contribution in [0.1, 0.15) is 45.1 Å². The van der Waals surface area contributed by atoms with E-state index < -0.39 is 5.97 Å². The third-order valence-electron chi connectivity index (χ3n) is 2.97. The van der Waals surface area contributed by atoms with Gasteiger partial charge in [0.25, 0.3) is 5.97 Å². The molecule has 3 nitrogen and oxygen atoms in total. The van der Waals surface area contributed by atoms with Crippen molar-refractivity contribution in [2.24, 2.45) is 0 Å². The van der Waals surface area contributed by atoms with E-state index in [2.05, 4.69) is 6.92 Å². The lowest BCUT2D eigenvalue weighted by atomic mass is 10.1. The van der Waals surface area contributed by atoms with E-state index >= 15 is 0 Å². The molecule has 1 aromatic carbocycles. The summed E-state index contributed by atoms with van der Waals surface area (Å²) in [4.78, 5) is 0. The molecule has 0 saturated heterocycles. The SMILES string of the molecule is CCCCCCOC(O)(Cc1ccccc1)OCC. The maximum atomic E-state index is 10.4. The fourth-order valence-electron chi connectivity index (χ4n) is 1.98. The zero-order valence-electron chi connectivity index (χ0n) is 12.1. The molecule has 0 aliphatic heterocycles. The second kappa shape index (κ2) is 9.08. The fraction of sp³-hybridized carbons (Fsp3) is 0.625. The third-order valence-corrected chi connectivity index (χ3v) is 2.97. The highest BCUT2D eigenvalue weighted by Crippen LogP contribution is 2.17. The van der Waals surface area contributed by atoms with Crippen molar-refractivity contribution in [1.82, 2.24) is 0 Å². The molecule has 1 rings (SSSR count). The van der Waals surface area contributed by atoms with Crippen LogP contribution in [0.15, 0.2) is 30.3 Å². The molecular weight excluding hydrogens is 240 g/mol. The number of aliphatic hydroxyl groups is 1. The van der Waals surface area contributed by atoms with E-state index in [0.29, 0.717) is 19.6 Å². The number of unbranched alkanes of at least 4 members (excludes halogenated alkanes) is 3. The summed E-state index contributed by atoms with van der Waals surface area (Å²) in [5.74, 6) is -1.50. The summed E-state index contributed by atoms with van der Waals surface area (Å²) in [6, 6.07) is 9.77. The minimum atomic E-state index is -1.50. The molecule has 19 heavy (non-hydrogen) atoms. The zero-order chi connectivity index (χ0) is 14.0. The Balaban J connectivity index is 2.44. The Hall–Kier alpha value is -0.900. The Bertz CT molecular complexity index is 326. The second-order valence-corrected chi connectivity index (χ2v) is 4.72. The van der Waals surface area contributed by atoms with Gasteiger partial charge >= 0.3 is 0 Å². The predicted molar refractivity (Wildman–Crippen MR) is 76.8 cm³/mol. The number of rotatable bonds is 10. The van der Waals surface area contributed by atoms with Crippen molar-refractivity contribution in [3.05, 3.63) is 35.9 Å². The van der Waals surface area contributed by atoms with E-state index in [0.717, 1.165) is 18.4 Å². The van der Waals surface area contributed by atoms with Gasteiger partial charge in [-0.15, -0.1) is 0 Å². The predicted octanol–water partition coefficient (Wildman–Crippen LogP) is 3.51. The smallest absolute Gasteiger partial charge is 0.284 e. The average Bonchev–Trinajstić information content (AvgIpc) is 2.40.